The maximum Gasteiger partial charge on any atom is 0.306 e. The number of carbonyl (C=O) groups is 3. The molecule has 0 bridgehead atoms. The first-order valence-electron chi connectivity index (χ1n) is 35.6. The van der Waals surface area contributed by atoms with Crippen LogP contribution in [0.2, 0.25) is 0 Å². The van der Waals surface area contributed by atoms with Crippen LogP contribution in [0.15, 0.2) is 48.6 Å². The summed E-state index contributed by atoms with van der Waals surface area (Å²) < 4.78 is 17.0. The van der Waals surface area contributed by atoms with Crippen LogP contribution >= 0.6 is 0 Å². The van der Waals surface area contributed by atoms with Crippen molar-refractivity contribution in [2.75, 3.05) is 13.2 Å². The minimum Gasteiger partial charge on any atom is -0.462 e. The third-order valence-electron chi connectivity index (χ3n) is 16.1. The summed E-state index contributed by atoms with van der Waals surface area (Å²) in [6.07, 6.45) is 87.2. The van der Waals surface area contributed by atoms with E-state index in [2.05, 4.69) is 69.4 Å². The van der Waals surface area contributed by atoms with Crippen LogP contribution in [0, 0.1) is 0 Å². The lowest BCUT2D eigenvalue weighted by molar-refractivity contribution is -0.167. The van der Waals surface area contributed by atoms with Gasteiger partial charge < -0.3 is 14.2 Å². The lowest BCUT2D eigenvalue weighted by Gasteiger charge is -2.18. The highest BCUT2D eigenvalue weighted by molar-refractivity contribution is 5.71. The minimum absolute atomic E-state index is 0.0683. The molecule has 0 radical (unpaired) electrons. The number of esters is 3. The van der Waals surface area contributed by atoms with Crippen molar-refractivity contribution in [1.29, 1.82) is 0 Å². The van der Waals surface area contributed by atoms with Gasteiger partial charge >= 0.3 is 17.9 Å². The van der Waals surface area contributed by atoms with E-state index in [9.17, 15) is 14.4 Å². The average molecular weight is 1120 g/mol. The third kappa shape index (κ3) is 66.2. The average Bonchev–Trinajstić information content (AvgIpc) is 3.46. The van der Waals surface area contributed by atoms with Gasteiger partial charge in [-0.1, -0.05) is 333 Å². The molecule has 1 unspecified atom stereocenters. The molecule has 0 aromatic heterocycles. The Hall–Kier alpha value is -2.63. The van der Waals surface area contributed by atoms with E-state index < -0.39 is 6.10 Å². The first-order chi connectivity index (χ1) is 39.5. The lowest BCUT2D eigenvalue weighted by atomic mass is 10.0. The molecule has 0 aromatic carbocycles. The first kappa shape index (κ1) is 77.4. The molecule has 0 aliphatic carbocycles. The number of hydrogen-bond acceptors (Lipinski definition) is 6. The van der Waals surface area contributed by atoms with Gasteiger partial charge in [-0.15, -0.1) is 0 Å². The van der Waals surface area contributed by atoms with Gasteiger partial charge in [0, 0.05) is 19.3 Å². The Morgan fingerprint density at radius 3 is 0.688 bits per heavy atom. The second-order valence-corrected chi connectivity index (χ2v) is 24.1. The van der Waals surface area contributed by atoms with E-state index >= 15 is 0 Å². The molecule has 6 heteroatoms. The van der Waals surface area contributed by atoms with Crippen molar-refractivity contribution in [2.24, 2.45) is 0 Å². The molecule has 0 spiro atoms. The Morgan fingerprint density at radius 2 is 0.450 bits per heavy atom. The summed E-state index contributed by atoms with van der Waals surface area (Å²) in [6, 6.07) is 0. The molecule has 80 heavy (non-hydrogen) atoms. The minimum atomic E-state index is -0.771. The van der Waals surface area contributed by atoms with Gasteiger partial charge in [0.15, 0.2) is 6.10 Å². The van der Waals surface area contributed by atoms with E-state index in [1.807, 2.05) is 0 Å². The van der Waals surface area contributed by atoms with E-state index in [4.69, 9.17) is 14.2 Å². The van der Waals surface area contributed by atoms with Crippen LogP contribution in [0.3, 0.4) is 0 Å². The molecule has 0 saturated heterocycles. The molecular formula is C74H136O6. The molecule has 0 amide bonds. The summed E-state index contributed by atoms with van der Waals surface area (Å²) in [5, 5.41) is 0. The summed E-state index contributed by atoms with van der Waals surface area (Å²) in [5.74, 6) is -0.845. The van der Waals surface area contributed by atoms with Gasteiger partial charge in [-0.05, 0) is 83.5 Å². The third-order valence-corrected chi connectivity index (χ3v) is 16.1. The summed E-state index contributed by atoms with van der Waals surface area (Å²) >= 11 is 0. The Balaban J connectivity index is 4.15. The zero-order valence-electron chi connectivity index (χ0n) is 53.9. The largest absolute Gasteiger partial charge is 0.462 e. The van der Waals surface area contributed by atoms with Crippen LogP contribution in [0.4, 0.5) is 0 Å². The molecule has 0 aromatic rings. The SMILES string of the molecule is CCCCCCC/C=C\C/C=C\CCCCCCCCCCCCCCCCCC(=O)OCC(COC(=O)CCCCCCCCCCCC)OC(=O)CCCCCCCCCCCCCCC/C=C\C/C=C\CCCCCCC. The summed E-state index contributed by atoms with van der Waals surface area (Å²) in [4.78, 5) is 38.3. The van der Waals surface area contributed by atoms with Gasteiger partial charge in [-0.25, -0.2) is 0 Å². The number of allylic oxidation sites excluding steroid dienone is 8. The zero-order valence-corrected chi connectivity index (χ0v) is 53.9. The summed E-state index contributed by atoms with van der Waals surface area (Å²) in [5.41, 5.74) is 0. The first-order valence-corrected chi connectivity index (χ1v) is 35.6. The molecule has 0 rings (SSSR count). The maximum atomic E-state index is 12.9. The van der Waals surface area contributed by atoms with Crippen molar-refractivity contribution < 1.29 is 28.6 Å². The highest BCUT2D eigenvalue weighted by Gasteiger charge is 2.19. The molecular weight excluding hydrogens is 985 g/mol. The molecule has 0 fully saturated rings. The van der Waals surface area contributed by atoms with Crippen LogP contribution in [0.25, 0.3) is 0 Å². The Bertz CT molecular complexity index is 1380. The fraction of sp³-hybridized carbons (Fsp3) is 0.851. The highest BCUT2D eigenvalue weighted by atomic mass is 16.6. The van der Waals surface area contributed by atoms with Crippen molar-refractivity contribution in [3.63, 3.8) is 0 Å². The monoisotopic (exact) mass is 1120 g/mol. The van der Waals surface area contributed by atoms with Crippen LogP contribution in [-0.4, -0.2) is 37.2 Å². The Kier molecular flexibility index (Phi) is 66.6. The van der Waals surface area contributed by atoms with E-state index in [1.165, 1.54) is 276 Å². The summed E-state index contributed by atoms with van der Waals surface area (Å²) in [7, 11) is 0. The van der Waals surface area contributed by atoms with Crippen LogP contribution in [-0.2, 0) is 28.6 Å². The molecule has 0 aliphatic heterocycles. The van der Waals surface area contributed by atoms with Crippen molar-refractivity contribution in [1.82, 2.24) is 0 Å². The fourth-order valence-electron chi connectivity index (χ4n) is 10.7. The number of hydrogen-bond donors (Lipinski definition) is 0. The van der Waals surface area contributed by atoms with E-state index in [1.54, 1.807) is 0 Å². The standard InChI is InChI=1S/C74H136O6/c1-4-7-10-13-16-19-22-24-26-28-30-32-34-36-37-39-40-42-44-46-48-50-52-55-58-61-64-67-73(76)79-70-71(69-78-72(75)66-63-60-57-54-21-18-15-12-9-6-3)80-74(77)68-65-62-59-56-53-51-49-47-45-43-41-38-35-33-31-29-27-25-23-20-17-14-11-8-5-2/h22-25,28-31,71H,4-21,26-27,32-70H2,1-3H3/b24-22-,25-23-,30-28-,31-29-. The van der Waals surface area contributed by atoms with Crippen molar-refractivity contribution in [2.45, 2.75) is 393 Å². The van der Waals surface area contributed by atoms with Gasteiger partial charge in [-0.3, -0.25) is 14.4 Å². The molecule has 0 heterocycles. The Morgan fingerprint density at radius 1 is 0.250 bits per heavy atom. The second kappa shape index (κ2) is 68.9. The topological polar surface area (TPSA) is 78.9 Å². The predicted molar refractivity (Wildman–Crippen MR) is 349 cm³/mol. The lowest BCUT2D eigenvalue weighted by Crippen LogP contribution is -2.30. The number of carbonyl (C=O) groups excluding carboxylic acids is 3. The Labute approximate surface area is 498 Å². The highest BCUT2D eigenvalue weighted by Crippen LogP contribution is 2.18. The molecule has 1 atom stereocenters. The zero-order chi connectivity index (χ0) is 57.8. The van der Waals surface area contributed by atoms with Crippen LogP contribution in [0.1, 0.15) is 387 Å². The van der Waals surface area contributed by atoms with Crippen molar-refractivity contribution >= 4 is 17.9 Å². The van der Waals surface area contributed by atoms with Gasteiger partial charge in [-0.2, -0.15) is 0 Å². The van der Waals surface area contributed by atoms with Crippen LogP contribution in [0.5, 0.6) is 0 Å². The van der Waals surface area contributed by atoms with E-state index in [0.29, 0.717) is 19.3 Å². The van der Waals surface area contributed by atoms with Gasteiger partial charge in [0.2, 0.25) is 0 Å². The number of ether oxygens (including phenoxy) is 3. The van der Waals surface area contributed by atoms with Crippen LogP contribution < -0.4 is 0 Å². The van der Waals surface area contributed by atoms with Gasteiger partial charge in [0.1, 0.15) is 13.2 Å². The maximum absolute atomic E-state index is 12.9. The van der Waals surface area contributed by atoms with Crippen molar-refractivity contribution in [3.05, 3.63) is 48.6 Å². The smallest absolute Gasteiger partial charge is 0.306 e. The van der Waals surface area contributed by atoms with Crippen molar-refractivity contribution in [3.8, 4) is 0 Å². The number of rotatable bonds is 66. The fourth-order valence-corrected chi connectivity index (χ4v) is 10.7. The molecule has 0 N–H and O–H groups in total. The molecule has 0 aliphatic rings. The summed E-state index contributed by atoms with van der Waals surface area (Å²) in [6.45, 7) is 6.67. The molecule has 0 saturated carbocycles. The van der Waals surface area contributed by atoms with E-state index in [0.717, 1.165) is 70.6 Å². The van der Waals surface area contributed by atoms with Gasteiger partial charge in [0.25, 0.3) is 0 Å². The number of unbranched alkanes of at least 4 members (excludes halogenated alkanes) is 47. The quantitative estimate of drug-likeness (QED) is 0.0261. The predicted octanol–water partition coefficient (Wildman–Crippen LogP) is 24.5. The molecule has 6 nitrogen and oxygen atoms in total. The van der Waals surface area contributed by atoms with E-state index in [-0.39, 0.29) is 31.1 Å². The second-order valence-electron chi connectivity index (χ2n) is 24.1. The molecule has 468 valence electrons. The normalized spacial score (nSPS) is 12.3. The van der Waals surface area contributed by atoms with Gasteiger partial charge in [0.05, 0.1) is 0 Å².